The van der Waals surface area contributed by atoms with Crippen LogP contribution in [-0.4, -0.2) is 28.2 Å². The Balaban J connectivity index is 2.81. The number of carbonyl (C=O) groups is 1. The number of rotatable bonds is 6. The van der Waals surface area contributed by atoms with E-state index in [2.05, 4.69) is 9.98 Å². The molecule has 0 bridgehead atoms. The largest absolute Gasteiger partial charge is 0.433 e. The molecule has 0 unspecified atom stereocenters. The lowest BCUT2D eigenvalue weighted by Crippen LogP contribution is -2.25. The lowest BCUT2D eigenvalue weighted by Gasteiger charge is -2.22. The summed E-state index contributed by atoms with van der Waals surface area (Å²) < 4.78 is 67.3. The molecule has 0 atom stereocenters. The number of aliphatic imine (C=N–C) groups is 1. The van der Waals surface area contributed by atoms with Crippen LogP contribution in [0, 0.1) is 5.92 Å². The molecule has 0 aliphatic carbocycles. The molecule has 1 aliphatic heterocycles. The summed E-state index contributed by atoms with van der Waals surface area (Å²) in [5.74, 6) is -0.750. The third-order valence-corrected chi connectivity index (χ3v) is 4.74. The number of pyridine rings is 1. The van der Waals surface area contributed by atoms with E-state index in [1.807, 2.05) is 0 Å². The molecule has 0 aromatic carbocycles. The zero-order chi connectivity index (χ0) is 19.6. The van der Waals surface area contributed by atoms with Crippen LogP contribution in [0.15, 0.2) is 4.99 Å². The Morgan fingerprint density at radius 3 is 2.35 bits per heavy atom. The molecule has 2 heterocycles. The highest BCUT2D eigenvalue weighted by molar-refractivity contribution is 8.14. The monoisotopic (exact) mass is 395 g/mol. The smallest absolute Gasteiger partial charge is 0.366 e. The SMILES string of the molecule is CC(C)Cc1c(CC2=NCCS2)c(C(F)(F)F)nc(C(F)F)c1C(N)=O. The summed E-state index contributed by atoms with van der Waals surface area (Å²) >= 11 is 1.30. The molecule has 0 saturated carbocycles. The van der Waals surface area contributed by atoms with Crippen LogP contribution in [0.2, 0.25) is 0 Å². The normalized spacial score (nSPS) is 15.0. The van der Waals surface area contributed by atoms with Crippen LogP contribution in [0.1, 0.15) is 53.1 Å². The first kappa shape index (κ1) is 20.6. The van der Waals surface area contributed by atoms with E-state index in [1.165, 1.54) is 11.8 Å². The number of aromatic nitrogens is 1. The van der Waals surface area contributed by atoms with E-state index in [0.717, 1.165) is 0 Å². The van der Waals surface area contributed by atoms with Crippen molar-refractivity contribution in [2.24, 2.45) is 16.6 Å². The first-order chi connectivity index (χ1) is 12.0. The Hall–Kier alpha value is -1.71. The molecule has 1 aromatic heterocycles. The van der Waals surface area contributed by atoms with Gasteiger partial charge < -0.3 is 5.73 Å². The minimum absolute atomic E-state index is 0.00310. The number of hydrogen-bond acceptors (Lipinski definition) is 4. The fourth-order valence-electron chi connectivity index (χ4n) is 2.82. The van der Waals surface area contributed by atoms with Crippen LogP contribution in [0.25, 0.3) is 0 Å². The van der Waals surface area contributed by atoms with Crippen molar-refractivity contribution in [3.05, 3.63) is 28.1 Å². The van der Waals surface area contributed by atoms with Gasteiger partial charge in [-0.15, -0.1) is 11.8 Å². The van der Waals surface area contributed by atoms with E-state index in [4.69, 9.17) is 5.73 Å². The molecular weight excluding hydrogens is 377 g/mol. The van der Waals surface area contributed by atoms with Crippen LogP contribution < -0.4 is 5.73 Å². The van der Waals surface area contributed by atoms with E-state index in [1.54, 1.807) is 13.8 Å². The predicted molar refractivity (Wildman–Crippen MR) is 89.7 cm³/mol. The molecule has 10 heteroatoms. The zero-order valence-electron chi connectivity index (χ0n) is 14.2. The average Bonchev–Trinajstić information content (AvgIpc) is 2.99. The molecule has 0 spiro atoms. The predicted octanol–water partition coefficient (Wildman–Crippen LogP) is 4.02. The fourth-order valence-corrected chi connectivity index (χ4v) is 3.67. The van der Waals surface area contributed by atoms with Crippen molar-refractivity contribution < 1.29 is 26.7 Å². The summed E-state index contributed by atoms with van der Waals surface area (Å²) in [6.45, 7) is 3.91. The molecule has 0 radical (unpaired) electrons. The Morgan fingerprint density at radius 2 is 1.92 bits per heavy atom. The minimum Gasteiger partial charge on any atom is -0.366 e. The van der Waals surface area contributed by atoms with Crippen LogP contribution in [0.4, 0.5) is 22.0 Å². The standard InChI is InChI=1S/C16H18F5N3OS/c1-7(2)5-8-9(6-10-23-3-4-26-10)13(16(19,20)21)24-12(14(17)18)11(8)15(22)25/h7,14H,3-6H2,1-2H3,(H2,22,25). The van der Waals surface area contributed by atoms with Crippen LogP contribution in [0.5, 0.6) is 0 Å². The van der Waals surface area contributed by atoms with Gasteiger partial charge >= 0.3 is 6.18 Å². The average molecular weight is 395 g/mol. The summed E-state index contributed by atoms with van der Waals surface area (Å²) in [5.41, 5.74) is 1.60. The third-order valence-electron chi connectivity index (χ3n) is 3.75. The summed E-state index contributed by atoms with van der Waals surface area (Å²) in [7, 11) is 0. The van der Waals surface area contributed by atoms with Gasteiger partial charge in [-0.1, -0.05) is 13.8 Å². The summed E-state index contributed by atoms with van der Waals surface area (Å²) in [5, 5.41) is 0.461. The maximum Gasteiger partial charge on any atom is 0.433 e. The Kier molecular flexibility index (Phi) is 6.25. The van der Waals surface area contributed by atoms with Gasteiger partial charge in [0, 0.05) is 18.7 Å². The van der Waals surface area contributed by atoms with Crippen molar-refractivity contribution in [3.63, 3.8) is 0 Å². The number of alkyl halides is 5. The van der Waals surface area contributed by atoms with Gasteiger partial charge in [-0.25, -0.2) is 13.8 Å². The third kappa shape index (κ3) is 4.52. The molecule has 2 N–H and O–H groups in total. The van der Waals surface area contributed by atoms with Crippen LogP contribution in [-0.2, 0) is 19.0 Å². The van der Waals surface area contributed by atoms with Crippen molar-refractivity contribution in [1.29, 1.82) is 0 Å². The second kappa shape index (κ2) is 7.89. The van der Waals surface area contributed by atoms with Crippen molar-refractivity contribution in [1.82, 2.24) is 4.98 Å². The summed E-state index contributed by atoms with van der Waals surface area (Å²) in [4.78, 5) is 19.1. The van der Waals surface area contributed by atoms with E-state index >= 15 is 0 Å². The van der Waals surface area contributed by atoms with Crippen molar-refractivity contribution in [2.45, 2.75) is 39.3 Å². The lowest BCUT2D eigenvalue weighted by molar-refractivity contribution is -0.142. The number of nitrogens with two attached hydrogens (primary N) is 1. The van der Waals surface area contributed by atoms with Gasteiger partial charge in [0.1, 0.15) is 11.4 Å². The van der Waals surface area contributed by atoms with Gasteiger partial charge in [-0.2, -0.15) is 13.2 Å². The van der Waals surface area contributed by atoms with Crippen molar-refractivity contribution >= 4 is 22.7 Å². The maximum atomic E-state index is 13.5. The minimum atomic E-state index is -4.94. The zero-order valence-corrected chi connectivity index (χ0v) is 15.0. The highest BCUT2D eigenvalue weighted by Crippen LogP contribution is 2.38. The number of primary amides is 1. The molecule has 0 saturated heterocycles. The molecule has 1 aromatic rings. The topological polar surface area (TPSA) is 68.3 Å². The lowest BCUT2D eigenvalue weighted by atomic mass is 9.89. The van der Waals surface area contributed by atoms with Crippen molar-refractivity contribution in [3.8, 4) is 0 Å². The Labute approximate surface area is 151 Å². The molecular formula is C16H18F5N3OS. The molecule has 0 fully saturated rings. The number of carbonyl (C=O) groups excluding carboxylic acids is 1. The fraction of sp³-hybridized carbons (Fsp3) is 0.562. The highest BCUT2D eigenvalue weighted by atomic mass is 32.2. The molecule has 26 heavy (non-hydrogen) atoms. The van der Waals surface area contributed by atoms with Gasteiger partial charge in [0.15, 0.2) is 0 Å². The van der Waals surface area contributed by atoms with Gasteiger partial charge in [0.05, 0.1) is 10.6 Å². The van der Waals surface area contributed by atoms with Gasteiger partial charge in [-0.3, -0.25) is 9.79 Å². The Morgan fingerprint density at radius 1 is 1.27 bits per heavy atom. The maximum absolute atomic E-state index is 13.5. The molecule has 2 rings (SSSR count). The van der Waals surface area contributed by atoms with Crippen molar-refractivity contribution in [2.75, 3.05) is 12.3 Å². The van der Waals surface area contributed by atoms with Gasteiger partial charge in [0.2, 0.25) is 0 Å². The van der Waals surface area contributed by atoms with E-state index in [0.29, 0.717) is 17.3 Å². The summed E-state index contributed by atoms with van der Waals surface area (Å²) in [6, 6.07) is 0. The number of amides is 1. The van der Waals surface area contributed by atoms with Gasteiger partial charge in [-0.05, 0) is 23.5 Å². The number of hydrogen-bond donors (Lipinski definition) is 1. The number of thioether (sulfide) groups is 1. The molecule has 144 valence electrons. The highest BCUT2D eigenvalue weighted by Gasteiger charge is 2.40. The van der Waals surface area contributed by atoms with E-state index in [9.17, 15) is 26.7 Å². The molecule has 1 amide bonds. The van der Waals surface area contributed by atoms with Crippen LogP contribution >= 0.6 is 11.8 Å². The summed E-state index contributed by atoms with van der Waals surface area (Å²) in [6.07, 6.45) is -8.50. The Bertz CT molecular complexity index is 732. The first-order valence-corrected chi connectivity index (χ1v) is 8.87. The van der Waals surface area contributed by atoms with E-state index < -0.39 is 35.5 Å². The molecule has 4 nitrogen and oxygen atoms in total. The first-order valence-electron chi connectivity index (χ1n) is 7.89. The quantitative estimate of drug-likeness (QED) is 0.740. The second-order valence-corrected chi connectivity index (χ2v) is 7.41. The second-order valence-electron chi connectivity index (χ2n) is 6.24. The van der Waals surface area contributed by atoms with E-state index in [-0.39, 0.29) is 29.9 Å². The number of halogens is 5. The number of nitrogens with zero attached hydrogens (tertiary/aromatic N) is 2. The van der Waals surface area contributed by atoms with Gasteiger partial charge in [0.25, 0.3) is 12.3 Å². The van der Waals surface area contributed by atoms with Crippen LogP contribution in [0.3, 0.4) is 0 Å². The molecule has 1 aliphatic rings.